The molecule has 0 radical (unpaired) electrons. The normalized spacial score (nSPS) is 12.0. The minimum atomic E-state index is -0.631. The third kappa shape index (κ3) is 3.13. The smallest absolute Gasteiger partial charge is 0.346 e. The molecule has 0 unspecified atom stereocenters. The first-order chi connectivity index (χ1) is 7.04. The second-order valence-electron chi connectivity index (χ2n) is 3.19. The second kappa shape index (κ2) is 5.03. The first-order valence-electron chi connectivity index (χ1n) is 4.55. The van der Waals surface area contributed by atoms with E-state index in [4.69, 9.17) is 16.3 Å². The Labute approximate surface area is 93.9 Å². The number of carbonyl (C=O) groups is 1. The topological polar surface area (TPSA) is 35.5 Å². The molecule has 0 saturated heterocycles. The van der Waals surface area contributed by atoms with Crippen LogP contribution in [0.25, 0.3) is 0 Å². The second-order valence-corrected chi connectivity index (χ2v) is 3.60. The van der Waals surface area contributed by atoms with Crippen LogP contribution in [0.1, 0.15) is 12.5 Å². The largest absolute Gasteiger partial charge is 0.479 e. The molecule has 0 aliphatic heterocycles. The van der Waals surface area contributed by atoms with Crippen molar-refractivity contribution in [1.29, 1.82) is 0 Å². The van der Waals surface area contributed by atoms with Crippen molar-refractivity contribution in [1.82, 2.24) is 0 Å². The van der Waals surface area contributed by atoms with E-state index >= 15 is 0 Å². The highest BCUT2D eigenvalue weighted by Gasteiger charge is 2.14. The Bertz CT molecular complexity index is 363. The highest BCUT2D eigenvalue weighted by Crippen LogP contribution is 2.22. The lowest BCUT2D eigenvalue weighted by Crippen LogP contribution is -2.24. The van der Waals surface area contributed by atoms with Gasteiger partial charge in [-0.05, 0) is 31.5 Å². The zero-order valence-corrected chi connectivity index (χ0v) is 9.67. The molecular formula is C11H13ClO3. The summed E-state index contributed by atoms with van der Waals surface area (Å²) in [4.78, 5) is 11.1. The molecule has 0 amide bonds. The van der Waals surface area contributed by atoms with E-state index in [0.717, 1.165) is 5.56 Å². The summed E-state index contributed by atoms with van der Waals surface area (Å²) in [6.07, 6.45) is -0.631. The van der Waals surface area contributed by atoms with Gasteiger partial charge in [0, 0.05) is 5.02 Å². The molecule has 1 aromatic carbocycles. The Kier molecular flexibility index (Phi) is 3.97. The van der Waals surface area contributed by atoms with Crippen molar-refractivity contribution in [3.8, 4) is 5.75 Å². The predicted molar refractivity (Wildman–Crippen MR) is 58.3 cm³/mol. The number of ether oxygens (including phenoxy) is 2. The van der Waals surface area contributed by atoms with Crippen LogP contribution in [0.5, 0.6) is 5.75 Å². The summed E-state index contributed by atoms with van der Waals surface area (Å²) in [5.74, 6) is 0.148. The van der Waals surface area contributed by atoms with Crippen molar-refractivity contribution < 1.29 is 14.3 Å². The number of aryl methyl sites for hydroxylation is 1. The van der Waals surface area contributed by atoms with Crippen molar-refractivity contribution in [3.63, 3.8) is 0 Å². The van der Waals surface area contributed by atoms with Crippen LogP contribution in [0, 0.1) is 6.92 Å². The van der Waals surface area contributed by atoms with Gasteiger partial charge < -0.3 is 9.47 Å². The third-order valence-corrected chi connectivity index (χ3v) is 2.40. The highest BCUT2D eigenvalue weighted by atomic mass is 35.5. The third-order valence-electron chi connectivity index (χ3n) is 1.99. The van der Waals surface area contributed by atoms with Crippen molar-refractivity contribution in [2.45, 2.75) is 20.0 Å². The number of hydrogen-bond donors (Lipinski definition) is 0. The first kappa shape index (κ1) is 11.9. The summed E-state index contributed by atoms with van der Waals surface area (Å²) in [7, 11) is 1.32. The molecule has 0 fully saturated rings. The van der Waals surface area contributed by atoms with Crippen molar-refractivity contribution in [3.05, 3.63) is 28.8 Å². The quantitative estimate of drug-likeness (QED) is 0.746. The first-order valence-corrected chi connectivity index (χ1v) is 4.93. The molecular weight excluding hydrogens is 216 g/mol. The molecule has 0 heterocycles. The molecule has 0 saturated carbocycles. The number of methoxy groups -OCH3 is 1. The lowest BCUT2D eigenvalue weighted by Gasteiger charge is -2.12. The maximum Gasteiger partial charge on any atom is 0.346 e. The van der Waals surface area contributed by atoms with Gasteiger partial charge in [0.2, 0.25) is 0 Å². The molecule has 1 aromatic rings. The van der Waals surface area contributed by atoms with Gasteiger partial charge in [-0.1, -0.05) is 17.7 Å². The molecule has 0 bridgehead atoms. The summed E-state index contributed by atoms with van der Waals surface area (Å²) >= 11 is 5.91. The van der Waals surface area contributed by atoms with E-state index in [1.54, 1.807) is 19.1 Å². The van der Waals surface area contributed by atoms with Crippen LogP contribution in [-0.2, 0) is 9.53 Å². The molecule has 1 atom stereocenters. The fourth-order valence-electron chi connectivity index (χ4n) is 1.07. The predicted octanol–water partition coefficient (Wildman–Crippen LogP) is 2.59. The number of carbonyl (C=O) groups excluding carboxylic acids is 1. The van der Waals surface area contributed by atoms with Gasteiger partial charge in [0.25, 0.3) is 0 Å². The lowest BCUT2D eigenvalue weighted by molar-refractivity contribution is -0.147. The Hall–Kier alpha value is -1.22. The van der Waals surface area contributed by atoms with Gasteiger partial charge in [0.15, 0.2) is 6.10 Å². The summed E-state index contributed by atoms with van der Waals surface area (Å²) in [6.45, 7) is 3.52. The maximum absolute atomic E-state index is 11.1. The Morgan fingerprint density at radius 3 is 2.67 bits per heavy atom. The van der Waals surface area contributed by atoms with Crippen molar-refractivity contribution in [2.75, 3.05) is 7.11 Å². The molecule has 1 rings (SSSR count). The minimum Gasteiger partial charge on any atom is -0.479 e. The lowest BCUT2D eigenvalue weighted by atomic mass is 10.2. The van der Waals surface area contributed by atoms with Gasteiger partial charge in [0.1, 0.15) is 5.75 Å². The van der Waals surface area contributed by atoms with E-state index in [1.165, 1.54) is 7.11 Å². The summed E-state index contributed by atoms with van der Waals surface area (Å²) < 4.78 is 9.89. The fraction of sp³-hybridized carbons (Fsp3) is 0.364. The molecule has 82 valence electrons. The van der Waals surface area contributed by atoms with E-state index < -0.39 is 12.1 Å². The molecule has 0 spiro atoms. The van der Waals surface area contributed by atoms with E-state index in [9.17, 15) is 4.79 Å². The van der Waals surface area contributed by atoms with Gasteiger partial charge in [-0.25, -0.2) is 4.79 Å². The van der Waals surface area contributed by atoms with Gasteiger partial charge in [0.05, 0.1) is 7.11 Å². The standard InChI is InChI=1S/C11H13ClO3/c1-7-4-5-9(6-10(7)12)15-8(2)11(13)14-3/h4-6,8H,1-3H3/t8-/m0/s1. The number of halogens is 1. The number of esters is 1. The molecule has 0 aliphatic carbocycles. The van der Waals surface area contributed by atoms with E-state index in [0.29, 0.717) is 10.8 Å². The van der Waals surface area contributed by atoms with E-state index in [1.807, 2.05) is 13.0 Å². The molecule has 15 heavy (non-hydrogen) atoms. The Morgan fingerprint density at radius 1 is 1.47 bits per heavy atom. The van der Waals surface area contributed by atoms with Crippen LogP contribution in [0.3, 0.4) is 0 Å². The maximum atomic E-state index is 11.1. The van der Waals surface area contributed by atoms with Gasteiger partial charge in [-0.3, -0.25) is 0 Å². The van der Waals surface area contributed by atoms with Crippen molar-refractivity contribution >= 4 is 17.6 Å². The summed E-state index contributed by atoms with van der Waals surface area (Å²) in [6, 6.07) is 5.28. The summed E-state index contributed by atoms with van der Waals surface area (Å²) in [5, 5.41) is 0.615. The molecule has 0 aliphatic rings. The Morgan fingerprint density at radius 2 is 2.13 bits per heavy atom. The zero-order chi connectivity index (χ0) is 11.4. The number of hydrogen-bond acceptors (Lipinski definition) is 3. The van der Waals surface area contributed by atoms with E-state index in [-0.39, 0.29) is 0 Å². The monoisotopic (exact) mass is 228 g/mol. The fourth-order valence-corrected chi connectivity index (χ4v) is 1.24. The Balaban J connectivity index is 2.73. The van der Waals surface area contributed by atoms with E-state index in [2.05, 4.69) is 4.74 Å². The molecule has 0 N–H and O–H groups in total. The van der Waals surface area contributed by atoms with Crippen LogP contribution in [0.15, 0.2) is 18.2 Å². The number of benzene rings is 1. The SMILES string of the molecule is COC(=O)[C@H](C)Oc1ccc(C)c(Cl)c1. The van der Waals surface area contributed by atoms with Crippen LogP contribution < -0.4 is 4.74 Å². The average molecular weight is 229 g/mol. The van der Waals surface area contributed by atoms with Gasteiger partial charge >= 0.3 is 5.97 Å². The van der Waals surface area contributed by atoms with Crippen LogP contribution in [-0.4, -0.2) is 19.2 Å². The van der Waals surface area contributed by atoms with Crippen molar-refractivity contribution in [2.24, 2.45) is 0 Å². The zero-order valence-electron chi connectivity index (χ0n) is 8.91. The number of rotatable bonds is 3. The van der Waals surface area contributed by atoms with Crippen LogP contribution in [0.4, 0.5) is 0 Å². The average Bonchev–Trinajstić information content (AvgIpc) is 2.22. The van der Waals surface area contributed by atoms with Crippen LogP contribution >= 0.6 is 11.6 Å². The van der Waals surface area contributed by atoms with Gasteiger partial charge in [-0.2, -0.15) is 0 Å². The minimum absolute atomic E-state index is 0.410. The molecule has 0 aromatic heterocycles. The summed E-state index contributed by atoms with van der Waals surface area (Å²) in [5.41, 5.74) is 0.967. The van der Waals surface area contributed by atoms with Crippen LogP contribution in [0.2, 0.25) is 5.02 Å². The highest BCUT2D eigenvalue weighted by molar-refractivity contribution is 6.31. The molecule has 3 nitrogen and oxygen atoms in total. The van der Waals surface area contributed by atoms with Gasteiger partial charge in [-0.15, -0.1) is 0 Å². The molecule has 4 heteroatoms.